The average Bonchev–Trinajstić information content (AvgIpc) is 3.35. The predicted molar refractivity (Wildman–Crippen MR) is 112 cm³/mol. The van der Waals surface area contributed by atoms with Gasteiger partial charge in [0.2, 0.25) is 5.13 Å². The van der Waals surface area contributed by atoms with Crippen LogP contribution in [0.1, 0.15) is 56.0 Å². The summed E-state index contributed by atoms with van der Waals surface area (Å²) in [6.07, 6.45) is 8.83. The molecule has 3 aliphatic rings. The molecule has 2 aromatic rings. The highest BCUT2D eigenvalue weighted by molar-refractivity contribution is 7.09. The minimum atomic E-state index is 0.483. The Bertz CT molecular complexity index is 785. The highest BCUT2D eigenvalue weighted by Gasteiger charge is 2.42. The summed E-state index contributed by atoms with van der Waals surface area (Å²) in [6, 6.07) is 9.97. The number of hydrogen-bond donors (Lipinski definition) is 0. The van der Waals surface area contributed by atoms with Crippen LogP contribution in [-0.4, -0.2) is 46.5 Å². The van der Waals surface area contributed by atoms with Crippen molar-refractivity contribution in [3.05, 3.63) is 41.2 Å². The van der Waals surface area contributed by atoms with Crippen LogP contribution in [0, 0.1) is 0 Å². The molecule has 1 spiro atoms. The summed E-state index contributed by atoms with van der Waals surface area (Å²) in [5, 5.41) is 1.13. The summed E-state index contributed by atoms with van der Waals surface area (Å²) in [6.45, 7) is 6.94. The van der Waals surface area contributed by atoms with Gasteiger partial charge in [0.1, 0.15) is 5.82 Å². The Hall–Kier alpha value is -1.46. The van der Waals surface area contributed by atoms with Crippen LogP contribution in [0.4, 0.5) is 5.13 Å². The van der Waals surface area contributed by atoms with Gasteiger partial charge in [0.05, 0.1) is 0 Å². The zero-order chi connectivity index (χ0) is 18.3. The molecule has 0 atom stereocenters. The van der Waals surface area contributed by atoms with Crippen molar-refractivity contribution in [2.75, 3.05) is 31.1 Å². The average molecular weight is 383 g/mol. The third kappa shape index (κ3) is 3.19. The van der Waals surface area contributed by atoms with Crippen LogP contribution in [0.15, 0.2) is 24.3 Å². The van der Waals surface area contributed by atoms with Crippen molar-refractivity contribution in [1.82, 2.24) is 14.3 Å². The lowest BCUT2D eigenvalue weighted by molar-refractivity contribution is 0.0997. The topological polar surface area (TPSA) is 32.3 Å². The van der Waals surface area contributed by atoms with Crippen molar-refractivity contribution in [2.24, 2.45) is 0 Å². The smallest absolute Gasteiger partial charge is 0.205 e. The first-order chi connectivity index (χ1) is 13.3. The third-order valence-corrected chi connectivity index (χ3v) is 8.06. The molecule has 5 heteroatoms. The van der Waals surface area contributed by atoms with Crippen LogP contribution < -0.4 is 4.90 Å². The van der Waals surface area contributed by atoms with Crippen molar-refractivity contribution < 1.29 is 0 Å². The van der Waals surface area contributed by atoms with E-state index in [4.69, 9.17) is 0 Å². The highest BCUT2D eigenvalue weighted by atomic mass is 32.1. The van der Waals surface area contributed by atoms with Crippen molar-refractivity contribution in [2.45, 2.75) is 63.3 Å². The molecule has 2 aliphatic heterocycles. The molecule has 0 amide bonds. The normalized spacial score (nSPS) is 23.1. The summed E-state index contributed by atoms with van der Waals surface area (Å²) in [5.41, 5.74) is 3.77. The monoisotopic (exact) mass is 382 g/mol. The Labute approximate surface area is 166 Å². The maximum Gasteiger partial charge on any atom is 0.205 e. The summed E-state index contributed by atoms with van der Waals surface area (Å²) in [4.78, 5) is 9.92. The van der Waals surface area contributed by atoms with Gasteiger partial charge in [-0.25, -0.2) is 4.98 Å². The van der Waals surface area contributed by atoms with E-state index in [-0.39, 0.29) is 0 Å². The van der Waals surface area contributed by atoms with Gasteiger partial charge in [0, 0.05) is 37.1 Å². The first-order valence-electron chi connectivity index (χ1n) is 10.7. The zero-order valence-corrected chi connectivity index (χ0v) is 17.2. The second-order valence-corrected chi connectivity index (χ2v) is 9.27. The van der Waals surface area contributed by atoms with Gasteiger partial charge in [-0.3, -0.25) is 0 Å². The Morgan fingerprint density at radius 1 is 1.07 bits per heavy atom. The van der Waals surface area contributed by atoms with Crippen molar-refractivity contribution >= 4 is 16.7 Å². The lowest BCUT2D eigenvalue weighted by atomic mass is 9.73. The standard InChI is InChI=1S/C22H30N4S/c1-2-20-23-21(27-24-20)26-13-8-18(9-14-26)25-15-11-22(12-16-25)10-7-17-5-3-4-6-19(17)22/h3-6,18H,2,7-16H2,1H3. The van der Waals surface area contributed by atoms with E-state index in [9.17, 15) is 0 Å². The highest BCUT2D eigenvalue weighted by Crippen LogP contribution is 2.46. The number of benzene rings is 1. The summed E-state index contributed by atoms with van der Waals surface area (Å²) in [7, 11) is 0. The fourth-order valence-corrected chi connectivity index (χ4v) is 6.34. The van der Waals surface area contributed by atoms with E-state index in [1.807, 2.05) is 0 Å². The van der Waals surface area contributed by atoms with E-state index in [0.717, 1.165) is 36.5 Å². The molecule has 4 nitrogen and oxygen atoms in total. The van der Waals surface area contributed by atoms with Gasteiger partial charge in [0.25, 0.3) is 0 Å². The van der Waals surface area contributed by atoms with E-state index in [2.05, 4.69) is 50.3 Å². The van der Waals surface area contributed by atoms with Gasteiger partial charge >= 0.3 is 0 Å². The molecule has 0 N–H and O–H groups in total. The number of piperidine rings is 2. The maximum atomic E-state index is 4.68. The van der Waals surface area contributed by atoms with Crippen LogP contribution in [0.5, 0.6) is 0 Å². The van der Waals surface area contributed by atoms with E-state index in [1.165, 1.54) is 51.6 Å². The molecule has 144 valence electrons. The molecular weight excluding hydrogens is 352 g/mol. The van der Waals surface area contributed by atoms with Crippen molar-refractivity contribution in [1.29, 1.82) is 0 Å². The molecule has 0 saturated carbocycles. The lowest BCUT2D eigenvalue weighted by Gasteiger charge is -2.45. The predicted octanol–water partition coefficient (Wildman–Crippen LogP) is 4.05. The largest absolute Gasteiger partial charge is 0.347 e. The van der Waals surface area contributed by atoms with Crippen LogP contribution in [-0.2, 0) is 18.3 Å². The second kappa shape index (κ2) is 7.17. The Morgan fingerprint density at radius 3 is 2.59 bits per heavy atom. The van der Waals surface area contributed by atoms with E-state index >= 15 is 0 Å². The van der Waals surface area contributed by atoms with Crippen molar-refractivity contribution in [3.8, 4) is 0 Å². The Balaban J connectivity index is 1.18. The fourth-order valence-electron chi connectivity index (χ4n) is 5.54. The first-order valence-corrected chi connectivity index (χ1v) is 11.4. The number of aryl methyl sites for hydroxylation is 2. The number of anilines is 1. The lowest BCUT2D eigenvalue weighted by Crippen LogP contribution is -2.50. The number of fused-ring (bicyclic) bond motifs is 2. The Morgan fingerprint density at radius 2 is 1.85 bits per heavy atom. The van der Waals surface area contributed by atoms with Gasteiger partial charge in [-0.15, -0.1) is 0 Å². The maximum absolute atomic E-state index is 4.68. The summed E-state index contributed by atoms with van der Waals surface area (Å²) >= 11 is 1.57. The number of rotatable bonds is 3. The first kappa shape index (κ1) is 17.6. The molecule has 2 saturated heterocycles. The molecule has 3 heterocycles. The minimum absolute atomic E-state index is 0.483. The van der Waals surface area contributed by atoms with Gasteiger partial charge < -0.3 is 9.80 Å². The van der Waals surface area contributed by atoms with Gasteiger partial charge in [-0.1, -0.05) is 31.2 Å². The van der Waals surface area contributed by atoms with Crippen LogP contribution in [0.3, 0.4) is 0 Å². The van der Waals surface area contributed by atoms with E-state index in [0.29, 0.717) is 5.41 Å². The molecule has 1 aromatic heterocycles. The van der Waals surface area contributed by atoms with Crippen LogP contribution in [0.2, 0.25) is 0 Å². The van der Waals surface area contributed by atoms with E-state index < -0.39 is 0 Å². The molecule has 0 radical (unpaired) electrons. The third-order valence-electron chi connectivity index (χ3n) is 7.24. The molecule has 5 rings (SSSR count). The summed E-state index contributed by atoms with van der Waals surface area (Å²) < 4.78 is 4.46. The molecule has 1 aromatic carbocycles. The molecule has 0 unspecified atom stereocenters. The van der Waals surface area contributed by atoms with Crippen molar-refractivity contribution in [3.63, 3.8) is 0 Å². The zero-order valence-electron chi connectivity index (χ0n) is 16.4. The molecule has 0 bridgehead atoms. The van der Waals surface area contributed by atoms with Gasteiger partial charge in [-0.2, -0.15) is 4.37 Å². The molecular formula is C22H30N4S. The number of hydrogen-bond acceptors (Lipinski definition) is 5. The molecule has 2 fully saturated rings. The van der Waals surface area contributed by atoms with E-state index in [1.54, 1.807) is 22.7 Å². The van der Waals surface area contributed by atoms with Crippen LogP contribution in [0.25, 0.3) is 0 Å². The number of aromatic nitrogens is 2. The Kier molecular flexibility index (Phi) is 4.68. The van der Waals surface area contributed by atoms with Gasteiger partial charge in [0.15, 0.2) is 0 Å². The molecule has 1 aliphatic carbocycles. The summed E-state index contributed by atoms with van der Waals surface area (Å²) in [5.74, 6) is 0.996. The van der Waals surface area contributed by atoms with Gasteiger partial charge in [-0.05, 0) is 68.2 Å². The quantitative estimate of drug-likeness (QED) is 0.802. The van der Waals surface area contributed by atoms with Crippen LogP contribution >= 0.6 is 11.5 Å². The second-order valence-electron chi connectivity index (χ2n) is 8.54. The number of nitrogens with zero attached hydrogens (tertiary/aromatic N) is 4. The SMILES string of the molecule is CCc1nsc(N2CCC(N3CCC4(CCc5ccccc54)CC3)CC2)n1. The number of likely N-dealkylation sites (tertiary alicyclic amines) is 1. The fraction of sp³-hybridized carbons (Fsp3) is 0.636. The molecule has 27 heavy (non-hydrogen) atoms. The minimum Gasteiger partial charge on any atom is -0.347 e.